The summed E-state index contributed by atoms with van der Waals surface area (Å²) in [6, 6.07) is 17.4. The number of esters is 1. The van der Waals surface area contributed by atoms with Gasteiger partial charge in [-0.05, 0) is 72.7 Å². The van der Waals surface area contributed by atoms with Crippen LogP contribution in [-0.4, -0.2) is 69.3 Å². The van der Waals surface area contributed by atoms with Crippen LogP contribution in [0, 0.1) is 11.3 Å². The molecule has 2 atom stereocenters. The molecule has 0 aliphatic carbocycles. The van der Waals surface area contributed by atoms with Gasteiger partial charge in [0.15, 0.2) is 5.96 Å². The summed E-state index contributed by atoms with van der Waals surface area (Å²) in [4.78, 5) is 38.8. The number of piperidine rings is 1. The number of hydrogen-bond donors (Lipinski definition) is 5. The van der Waals surface area contributed by atoms with E-state index in [1.165, 1.54) is 6.07 Å². The number of nitrogens with zero attached hydrogens (tertiary/aromatic N) is 1. The third-order valence-electron chi connectivity index (χ3n) is 7.18. The van der Waals surface area contributed by atoms with E-state index >= 15 is 0 Å². The van der Waals surface area contributed by atoms with Crippen molar-refractivity contribution in [3.8, 4) is 0 Å². The van der Waals surface area contributed by atoms with Crippen LogP contribution >= 0.6 is 12.4 Å². The van der Waals surface area contributed by atoms with E-state index in [0.717, 1.165) is 23.6 Å². The molecule has 1 fully saturated rings. The van der Waals surface area contributed by atoms with E-state index in [2.05, 4.69) is 20.1 Å². The number of benzene rings is 3. The zero-order valence-corrected chi connectivity index (χ0v) is 25.9. The van der Waals surface area contributed by atoms with Gasteiger partial charge >= 0.3 is 11.9 Å². The van der Waals surface area contributed by atoms with Crippen LogP contribution in [0.4, 0.5) is 5.69 Å². The van der Waals surface area contributed by atoms with Gasteiger partial charge in [0, 0.05) is 25.3 Å². The molecule has 4 rings (SSSR count). The quantitative estimate of drug-likeness (QED) is 0.0964. The van der Waals surface area contributed by atoms with Gasteiger partial charge in [0.1, 0.15) is 6.04 Å². The van der Waals surface area contributed by atoms with Gasteiger partial charge in [0.2, 0.25) is 15.9 Å². The molecule has 1 unspecified atom stereocenters. The fourth-order valence-corrected chi connectivity index (χ4v) is 6.17. The minimum Gasteiger partial charge on any atom is -0.459 e. The topological polar surface area (TPSA) is 184 Å². The maximum Gasteiger partial charge on any atom is 0.397 e. The molecule has 3 aromatic rings. The van der Waals surface area contributed by atoms with E-state index < -0.39 is 33.8 Å². The van der Waals surface area contributed by atoms with Crippen molar-refractivity contribution in [2.45, 2.75) is 37.1 Å². The summed E-state index contributed by atoms with van der Waals surface area (Å²) >= 11 is 0. The molecule has 6 N–H and O–H groups in total. The lowest BCUT2D eigenvalue weighted by Gasteiger charge is -2.33. The summed E-state index contributed by atoms with van der Waals surface area (Å²) < 4.78 is 34.2. The monoisotopic (exact) mass is 644 g/mol. The van der Waals surface area contributed by atoms with Crippen LogP contribution in [0.3, 0.4) is 0 Å². The second kappa shape index (κ2) is 15.5. The lowest BCUT2D eigenvalue weighted by atomic mass is 9.98. The molecule has 1 aliphatic rings. The fraction of sp³-hybridized carbons (Fsp3) is 0.333. The van der Waals surface area contributed by atoms with E-state index in [4.69, 9.17) is 11.1 Å². The molecule has 0 spiro atoms. The van der Waals surface area contributed by atoms with Crippen LogP contribution < -0.4 is 21.1 Å². The number of fused-ring (bicyclic) bond motifs is 1. The second-order valence-electron chi connectivity index (χ2n) is 10.3. The Morgan fingerprint density at radius 3 is 2.45 bits per heavy atom. The average Bonchev–Trinajstić information content (AvgIpc) is 3.00. The zero-order valence-electron chi connectivity index (χ0n) is 24.2. The Balaban J connectivity index is 0.00000529. The number of amides is 2. The van der Waals surface area contributed by atoms with Crippen LogP contribution in [-0.2, 0) is 35.6 Å². The number of nitrogens with one attached hydrogen (secondary N) is 4. The summed E-state index contributed by atoms with van der Waals surface area (Å²) in [6.45, 7) is 3.18. The van der Waals surface area contributed by atoms with E-state index in [0.29, 0.717) is 30.9 Å². The first-order valence-corrected chi connectivity index (χ1v) is 15.5. The number of anilines is 1. The zero-order chi connectivity index (χ0) is 31.0. The Labute approximate surface area is 262 Å². The number of guanidine groups is 1. The van der Waals surface area contributed by atoms with Crippen molar-refractivity contribution >= 4 is 62.6 Å². The molecule has 14 heteroatoms. The number of carbonyl (C=O) groups excluding carboxylic acids is 3. The molecule has 0 bridgehead atoms. The molecule has 0 radical (unpaired) electrons. The van der Waals surface area contributed by atoms with Crippen LogP contribution in [0.1, 0.15) is 25.3 Å². The summed E-state index contributed by atoms with van der Waals surface area (Å²) in [6.07, 6.45) is 1.70. The molecule has 0 aromatic heterocycles. The lowest BCUT2D eigenvalue weighted by molar-refractivity contribution is -0.152. The van der Waals surface area contributed by atoms with Crippen molar-refractivity contribution in [1.82, 2.24) is 14.9 Å². The summed E-state index contributed by atoms with van der Waals surface area (Å²) in [5, 5.41) is 14.7. The van der Waals surface area contributed by atoms with Crippen molar-refractivity contribution in [1.29, 1.82) is 5.41 Å². The molecule has 0 saturated carbocycles. The predicted octanol–water partition coefficient (Wildman–Crippen LogP) is 2.37. The van der Waals surface area contributed by atoms with Crippen LogP contribution in [0.2, 0.25) is 0 Å². The highest BCUT2D eigenvalue weighted by Gasteiger charge is 2.28. The molecule has 3 aromatic carbocycles. The van der Waals surface area contributed by atoms with E-state index in [-0.39, 0.29) is 42.2 Å². The van der Waals surface area contributed by atoms with Gasteiger partial charge in [-0.1, -0.05) is 42.5 Å². The van der Waals surface area contributed by atoms with Crippen LogP contribution in [0.15, 0.2) is 71.6 Å². The van der Waals surface area contributed by atoms with Gasteiger partial charge in [-0.15, -0.1) is 12.4 Å². The van der Waals surface area contributed by atoms with Crippen molar-refractivity contribution in [3.05, 3.63) is 72.3 Å². The molecule has 236 valence electrons. The number of nitrogens with two attached hydrogens (primary N) is 1. The predicted molar refractivity (Wildman–Crippen MR) is 170 cm³/mol. The molecule has 12 nitrogen and oxygen atoms in total. The Kier molecular flexibility index (Phi) is 12.1. The minimum atomic E-state index is -4.09. The number of ether oxygens (including phenoxy) is 1. The van der Waals surface area contributed by atoms with Gasteiger partial charge in [-0.2, -0.15) is 4.72 Å². The minimum absolute atomic E-state index is 0. The Morgan fingerprint density at radius 2 is 1.77 bits per heavy atom. The number of rotatable bonds is 10. The van der Waals surface area contributed by atoms with Gasteiger partial charge < -0.3 is 26.0 Å². The molecule has 44 heavy (non-hydrogen) atoms. The van der Waals surface area contributed by atoms with Crippen molar-refractivity contribution < 1.29 is 27.5 Å². The van der Waals surface area contributed by atoms with Crippen LogP contribution in [0.5, 0.6) is 0 Å². The first kappa shape index (κ1) is 34.3. The van der Waals surface area contributed by atoms with E-state index in [9.17, 15) is 22.8 Å². The third kappa shape index (κ3) is 9.15. The van der Waals surface area contributed by atoms with Gasteiger partial charge in [-0.25, -0.2) is 13.2 Å². The maximum absolute atomic E-state index is 13.5. The van der Waals surface area contributed by atoms with Crippen molar-refractivity contribution in [2.24, 2.45) is 11.7 Å². The number of sulfonamides is 1. The third-order valence-corrected chi connectivity index (χ3v) is 8.65. The first-order valence-electron chi connectivity index (χ1n) is 14.0. The van der Waals surface area contributed by atoms with Gasteiger partial charge in [-0.3, -0.25) is 15.0 Å². The molecule has 2 amide bonds. The largest absolute Gasteiger partial charge is 0.459 e. The van der Waals surface area contributed by atoms with Crippen molar-refractivity contribution in [2.75, 3.05) is 31.6 Å². The Morgan fingerprint density at radius 1 is 1.07 bits per heavy atom. The first-order chi connectivity index (χ1) is 20.6. The standard InChI is InChI=1S/C30H36N6O6S.ClH/c1-2-42-29(39)28(38)34-24-12-9-20(10-13-24)16-26(27(37)33-18-21-6-5-15-36(19-21)30(31)32)35-43(40,41)25-14-11-22-7-3-4-8-23(22)17-25;/h3-4,7-14,17,21,26,35H,2,5-6,15-16,18-19H2,1H3,(H3,31,32)(H,33,37)(H,34,38);1H/t21?,26-;/m1./s1. The average molecular weight is 645 g/mol. The maximum atomic E-state index is 13.5. The number of hydrogen-bond acceptors (Lipinski definition) is 7. The van der Waals surface area contributed by atoms with E-state index in [1.807, 2.05) is 24.3 Å². The molecular weight excluding hydrogens is 608 g/mol. The summed E-state index contributed by atoms with van der Waals surface area (Å²) in [7, 11) is -4.09. The normalized spacial score (nSPS) is 15.5. The van der Waals surface area contributed by atoms with Gasteiger partial charge in [0.25, 0.3) is 0 Å². The number of likely N-dealkylation sites (tertiary alicyclic amines) is 1. The molecule has 1 saturated heterocycles. The number of carbonyl (C=O) groups is 3. The molecule has 1 aliphatic heterocycles. The van der Waals surface area contributed by atoms with Crippen LogP contribution in [0.25, 0.3) is 10.8 Å². The smallest absolute Gasteiger partial charge is 0.397 e. The van der Waals surface area contributed by atoms with Gasteiger partial charge in [0.05, 0.1) is 11.5 Å². The lowest BCUT2D eigenvalue weighted by Crippen LogP contribution is -2.51. The molecular formula is C30H37ClN6O6S. The summed E-state index contributed by atoms with van der Waals surface area (Å²) in [5.74, 6) is -2.37. The van der Waals surface area contributed by atoms with E-state index in [1.54, 1.807) is 48.2 Å². The Bertz CT molecular complexity index is 1600. The van der Waals surface area contributed by atoms with Crippen molar-refractivity contribution in [3.63, 3.8) is 0 Å². The summed E-state index contributed by atoms with van der Waals surface area (Å²) in [5.41, 5.74) is 6.60. The molecule has 1 heterocycles. The Hall–Kier alpha value is -4.20. The SMILES string of the molecule is CCOC(=O)C(=O)Nc1ccc(C[C@@H](NS(=O)(=O)c2ccc3ccccc3c2)C(=O)NCC2CCCN(C(=N)N)C2)cc1.Cl. The number of halogens is 1. The highest BCUT2D eigenvalue weighted by molar-refractivity contribution is 7.89. The highest BCUT2D eigenvalue weighted by Crippen LogP contribution is 2.20. The highest BCUT2D eigenvalue weighted by atomic mass is 35.5. The second-order valence-corrected chi connectivity index (χ2v) is 12.1. The fourth-order valence-electron chi connectivity index (χ4n) is 4.94.